The maximum atomic E-state index is 14.1. The van der Waals surface area contributed by atoms with Gasteiger partial charge in [0.2, 0.25) is 65.0 Å². The van der Waals surface area contributed by atoms with E-state index >= 15 is 0 Å². The van der Waals surface area contributed by atoms with Crippen molar-refractivity contribution in [2.45, 2.75) is 297 Å². The molecule has 11 amide bonds. The standard InChI is InChI=1S/C78H140N11O34P/c1-50(93)85-66-72(108)69(105)55(43-90)121-75(66)117-35-15-12-21-58(97)79-29-18-32-82-61(100)26-38-114-47-78(88-64(103)24-10-8-6-4-5-7-9-11-25-65(104)89-42-54(96)41-53(89)46-120-124(111,112)113,48-115-39-27-62(101)83-33-19-30-80-59(98)22-13-16-36-118-76-67(86-51(2)94)73(109)70(106)56(44-91)122-76)49-116-40-28-63(102)84-34-20-31-81-60(99)23-14-17-37-119-77-68(87-52(3)95)74(110)71(107)57(45-92)123-77/h53-57,66-77,90-92,96,105-110H,4-49H2,1-3H3,(H,79,97)(H,80,98)(H,81,99)(H,82,100)(H,83,101)(H,84,102)(H,85,93)(H,86,94)(H,87,95)(H,88,103)(H2,111,112,113)/t53-,54+,55-,56-,57+,66-,67-,68+,69+,70+,71-,72-,73-,74+,75-,76-,77+/m0/s1. The molecule has 4 rings (SSSR count). The van der Waals surface area contributed by atoms with Gasteiger partial charge in [-0.05, 0) is 77.0 Å². The van der Waals surface area contributed by atoms with Gasteiger partial charge in [-0.2, -0.15) is 0 Å². The lowest BCUT2D eigenvalue weighted by atomic mass is 9.97. The SMILES string of the molecule is CC(=O)N[C@@H]1[C@@H](OCCCCC(=O)NCCCNC(=O)CCOCC(COCCC(=O)NCCCNC(=O)CCCCO[C@H]2O[C@@H](CO)[C@@H](O)[C@@H](O)[C@@H]2NC(C)=O)(COCCC(=O)NCCCNC(=O)CCCCO[C@@H]2O[C@H](CO)[C@H](O)[C@H](O)[C@H]2NC(C)=O)NC(=O)CCCCCCCCCCC(=O)N2C[C@H](O)C[C@H]2COP(=O)(O)O)O[C@@H](CO)[C@@H](O)[C@H]1O. The second-order valence-corrected chi connectivity index (χ2v) is 32.6. The van der Waals surface area contributed by atoms with E-state index in [-0.39, 0.29) is 187 Å². The summed E-state index contributed by atoms with van der Waals surface area (Å²) in [6, 6.07) is -3.98. The zero-order valence-corrected chi connectivity index (χ0v) is 72.5. The molecule has 4 saturated heterocycles. The van der Waals surface area contributed by atoms with Crippen molar-refractivity contribution >= 4 is 72.8 Å². The minimum Gasteiger partial charge on any atom is -0.394 e. The fraction of sp³-hybridized carbons (Fsp3) is 0.859. The fourth-order valence-corrected chi connectivity index (χ4v) is 14.3. The maximum Gasteiger partial charge on any atom is 0.469 e. The van der Waals surface area contributed by atoms with Crippen LogP contribution in [0.2, 0.25) is 0 Å². The van der Waals surface area contributed by atoms with Crippen LogP contribution in [-0.2, 0) is 104 Å². The number of likely N-dealkylation sites (tertiary alicyclic amines) is 1. The summed E-state index contributed by atoms with van der Waals surface area (Å²) in [7, 11) is -4.77. The number of carbonyl (C=O) groups excluding carboxylic acids is 11. The van der Waals surface area contributed by atoms with E-state index in [4.69, 9.17) is 52.4 Å². The average molecular weight is 1810 g/mol. The molecule has 4 aliphatic rings. The minimum absolute atomic E-state index is 0.0463. The molecule has 124 heavy (non-hydrogen) atoms. The molecule has 0 saturated carbocycles. The zero-order chi connectivity index (χ0) is 91.4. The molecule has 22 N–H and O–H groups in total. The Morgan fingerprint density at radius 3 is 0.976 bits per heavy atom. The summed E-state index contributed by atoms with van der Waals surface area (Å²) >= 11 is 0. The number of amides is 11. The Morgan fingerprint density at radius 1 is 0.379 bits per heavy atom. The van der Waals surface area contributed by atoms with E-state index in [0.29, 0.717) is 77.0 Å². The molecule has 0 spiro atoms. The number of hydrogen-bond acceptors (Lipinski definition) is 32. The molecule has 0 unspecified atom stereocenters. The summed E-state index contributed by atoms with van der Waals surface area (Å²) in [5, 5.41) is 128. The molecular weight excluding hydrogens is 1670 g/mol. The summed E-state index contributed by atoms with van der Waals surface area (Å²) in [6.07, 6.45) is -7.16. The number of phosphoric ester groups is 1. The predicted octanol–water partition coefficient (Wildman–Crippen LogP) is -5.71. The molecule has 4 heterocycles. The summed E-state index contributed by atoms with van der Waals surface area (Å²) in [5.41, 5.74) is -1.47. The number of nitrogens with one attached hydrogen (secondary N) is 10. The van der Waals surface area contributed by atoms with E-state index in [2.05, 4.69) is 57.7 Å². The van der Waals surface area contributed by atoms with Gasteiger partial charge in [-0.1, -0.05) is 38.5 Å². The van der Waals surface area contributed by atoms with E-state index < -0.39 is 185 Å². The van der Waals surface area contributed by atoms with Gasteiger partial charge >= 0.3 is 7.82 Å². The van der Waals surface area contributed by atoms with Gasteiger partial charge in [0.15, 0.2) is 18.9 Å². The van der Waals surface area contributed by atoms with Gasteiger partial charge < -0.3 is 162 Å². The van der Waals surface area contributed by atoms with E-state index in [9.17, 15) is 108 Å². The number of phosphoric acid groups is 1. The van der Waals surface area contributed by atoms with E-state index in [1.165, 1.54) is 25.7 Å². The highest BCUT2D eigenvalue weighted by Gasteiger charge is 2.48. The Kier molecular flexibility index (Phi) is 54.8. The highest BCUT2D eigenvalue weighted by atomic mass is 31.2. The van der Waals surface area contributed by atoms with Gasteiger partial charge in [-0.3, -0.25) is 57.3 Å². The number of hydrogen-bond donors (Lipinski definition) is 22. The molecule has 4 fully saturated rings. The monoisotopic (exact) mass is 1810 g/mol. The van der Waals surface area contributed by atoms with Crippen molar-refractivity contribution in [3.05, 3.63) is 0 Å². The van der Waals surface area contributed by atoms with Gasteiger partial charge in [0.1, 0.15) is 78.6 Å². The molecule has 45 nitrogen and oxygen atoms in total. The molecule has 0 bridgehead atoms. The van der Waals surface area contributed by atoms with E-state index in [1.54, 1.807) is 0 Å². The van der Waals surface area contributed by atoms with Gasteiger partial charge in [-0.25, -0.2) is 4.57 Å². The first-order valence-corrected chi connectivity index (χ1v) is 44.6. The summed E-state index contributed by atoms with van der Waals surface area (Å²) < 4.78 is 68.0. The molecule has 0 radical (unpaired) electrons. The summed E-state index contributed by atoms with van der Waals surface area (Å²) in [6.45, 7) is 1.60. The van der Waals surface area contributed by atoms with Crippen molar-refractivity contribution in [3.8, 4) is 0 Å². The van der Waals surface area contributed by atoms with Gasteiger partial charge in [0.05, 0.1) is 78.2 Å². The first-order valence-electron chi connectivity index (χ1n) is 43.1. The number of rotatable bonds is 66. The molecule has 46 heteroatoms. The Bertz CT molecular complexity index is 2950. The maximum absolute atomic E-state index is 14.1. The first-order chi connectivity index (χ1) is 59.2. The average Bonchev–Trinajstić information content (AvgIpc) is 1.01. The quantitative estimate of drug-likeness (QED) is 0.0199. The highest BCUT2D eigenvalue weighted by molar-refractivity contribution is 7.46. The smallest absolute Gasteiger partial charge is 0.394 e. The van der Waals surface area contributed by atoms with Crippen molar-refractivity contribution < 1.29 is 165 Å². The minimum atomic E-state index is -4.77. The number of β-amino-alcohol motifs (C(OH)–C–C–N with tert-alkyl or cyclic N) is 1. The van der Waals surface area contributed by atoms with Crippen LogP contribution in [0, 0.1) is 0 Å². The number of aliphatic hydroxyl groups excluding tert-OH is 10. The van der Waals surface area contributed by atoms with Crippen molar-refractivity contribution in [2.24, 2.45) is 0 Å². The van der Waals surface area contributed by atoms with Crippen molar-refractivity contribution in [1.29, 1.82) is 0 Å². The molecule has 0 aromatic carbocycles. The number of ether oxygens (including phenoxy) is 9. The molecule has 0 aromatic heterocycles. The summed E-state index contributed by atoms with van der Waals surface area (Å²) in [5.74, 6) is -4.15. The lowest BCUT2D eigenvalue weighted by Gasteiger charge is -2.42. The largest absolute Gasteiger partial charge is 0.469 e. The Hall–Kier alpha value is -6.48. The van der Waals surface area contributed by atoms with Crippen molar-refractivity contribution in [1.82, 2.24) is 58.1 Å². The topological polar surface area (TPSA) is 663 Å². The molecule has 17 atom stereocenters. The lowest BCUT2D eigenvalue weighted by molar-refractivity contribution is -0.270. The Morgan fingerprint density at radius 2 is 0.669 bits per heavy atom. The normalized spacial score (nSPS) is 24.6. The van der Waals surface area contributed by atoms with Crippen LogP contribution in [0.1, 0.15) is 188 Å². The zero-order valence-electron chi connectivity index (χ0n) is 71.6. The fourth-order valence-electron chi connectivity index (χ4n) is 14.0. The van der Waals surface area contributed by atoms with E-state index in [1.807, 2.05) is 0 Å². The Labute approximate surface area is 722 Å². The molecular formula is C78H140N11O34P. The van der Waals surface area contributed by atoms with Gasteiger partial charge in [0, 0.05) is 138 Å². The van der Waals surface area contributed by atoms with Crippen LogP contribution in [0.5, 0.6) is 0 Å². The summed E-state index contributed by atoms with van der Waals surface area (Å²) in [4.78, 5) is 159. The number of aliphatic hydroxyl groups is 10. The second-order valence-electron chi connectivity index (χ2n) is 31.4. The van der Waals surface area contributed by atoms with Crippen LogP contribution in [-0.4, -0.2) is 372 Å². The third-order valence-corrected chi connectivity index (χ3v) is 21.1. The molecule has 0 aliphatic carbocycles. The van der Waals surface area contributed by atoms with Crippen LogP contribution >= 0.6 is 7.82 Å². The predicted molar refractivity (Wildman–Crippen MR) is 435 cm³/mol. The Balaban J connectivity index is 1.31. The molecule has 716 valence electrons. The van der Waals surface area contributed by atoms with Crippen LogP contribution in [0.4, 0.5) is 0 Å². The van der Waals surface area contributed by atoms with Crippen molar-refractivity contribution in [2.75, 3.05) is 132 Å². The van der Waals surface area contributed by atoms with Crippen LogP contribution < -0.4 is 53.2 Å². The lowest BCUT2D eigenvalue weighted by Crippen LogP contribution is -2.64. The van der Waals surface area contributed by atoms with E-state index in [0.717, 1.165) is 32.1 Å². The van der Waals surface area contributed by atoms with Crippen LogP contribution in [0.15, 0.2) is 0 Å². The van der Waals surface area contributed by atoms with Crippen LogP contribution in [0.25, 0.3) is 0 Å². The first kappa shape index (κ1) is 110. The van der Waals surface area contributed by atoms with Crippen LogP contribution in [0.3, 0.4) is 0 Å². The third-order valence-electron chi connectivity index (χ3n) is 20.6. The number of carbonyl (C=O) groups is 11. The third kappa shape index (κ3) is 45.0. The van der Waals surface area contributed by atoms with Gasteiger partial charge in [0.25, 0.3) is 0 Å². The molecule has 0 aromatic rings. The highest BCUT2D eigenvalue weighted by Crippen LogP contribution is 2.37. The molecule has 4 aliphatic heterocycles. The second kappa shape index (κ2) is 61.9. The van der Waals surface area contributed by atoms with Gasteiger partial charge in [-0.15, -0.1) is 0 Å². The van der Waals surface area contributed by atoms with Crippen molar-refractivity contribution in [3.63, 3.8) is 0 Å². The number of nitrogens with zero attached hydrogens (tertiary/aromatic N) is 1. The number of unbranched alkanes of at least 4 members (excludes halogenated alkanes) is 10.